The molecule has 0 aliphatic rings. The lowest BCUT2D eigenvalue weighted by Crippen LogP contribution is -2.23. The first-order valence-electron chi connectivity index (χ1n) is 4.73. The lowest BCUT2D eigenvalue weighted by atomic mass is 10.2. The van der Waals surface area contributed by atoms with Crippen molar-refractivity contribution in [1.82, 2.24) is 9.78 Å². The molecule has 0 N–H and O–H groups in total. The molecule has 2 aromatic rings. The zero-order valence-electron chi connectivity index (χ0n) is 8.53. The summed E-state index contributed by atoms with van der Waals surface area (Å²) in [7, 11) is 0. The van der Waals surface area contributed by atoms with Gasteiger partial charge in [0.25, 0.3) is 5.56 Å². The average Bonchev–Trinajstić information content (AvgIpc) is 2.26. The van der Waals surface area contributed by atoms with E-state index in [0.717, 1.165) is 3.57 Å². The average molecular weight is 381 g/mol. The Morgan fingerprint density at radius 3 is 2.53 bits per heavy atom. The molecular weight excluding hydrogens is 374 g/mol. The molecule has 0 saturated heterocycles. The zero-order chi connectivity index (χ0) is 12.4. The van der Waals surface area contributed by atoms with Gasteiger partial charge in [-0.1, -0.05) is 29.3 Å². The third kappa shape index (κ3) is 3.00. The topological polar surface area (TPSA) is 34.9 Å². The first-order valence-corrected chi connectivity index (χ1v) is 6.57. The van der Waals surface area contributed by atoms with Crippen LogP contribution < -0.4 is 5.56 Å². The summed E-state index contributed by atoms with van der Waals surface area (Å²) in [4.78, 5) is 11.7. The van der Waals surface area contributed by atoms with Gasteiger partial charge in [0.2, 0.25) is 0 Å². The van der Waals surface area contributed by atoms with Crippen molar-refractivity contribution in [3.8, 4) is 0 Å². The minimum absolute atomic E-state index is 0.173. The van der Waals surface area contributed by atoms with Crippen molar-refractivity contribution in [3.63, 3.8) is 0 Å². The van der Waals surface area contributed by atoms with Crippen molar-refractivity contribution in [2.75, 3.05) is 0 Å². The molecule has 0 amide bonds. The number of aromatic nitrogens is 2. The summed E-state index contributed by atoms with van der Waals surface area (Å²) >= 11 is 14.1. The van der Waals surface area contributed by atoms with Gasteiger partial charge in [-0.25, -0.2) is 4.68 Å². The number of hydrogen-bond acceptors (Lipinski definition) is 2. The summed E-state index contributed by atoms with van der Waals surface area (Å²) in [6.07, 6.45) is 1.62. The van der Waals surface area contributed by atoms with Gasteiger partial charge < -0.3 is 0 Å². The van der Waals surface area contributed by atoms with E-state index in [4.69, 9.17) is 23.2 Å². The van der Waals surface area contributed by atoms with Crippen molar-refractivity contribution in [1.29, 1.82) is 0 Å². The molecule has 0 bridgehead atoms. The van der Waals surface area contributed by atoms with E-state index in [-0.39, 0.29) is 12.1 Å². The van der Waals surface area contributed by atoms with Crippen LogP contribution in [0.4, 0.5) is 0 Å². The Labute approximate surface area is 122 Å². The highest BCUT2D eigenvalue weighted by Gasteiger charge is 2.07. The minimum Gasteiger partial charge on any atom is -0.268 e. The third-order valence-electron chi connectivity index (χ3n) is 2.21. The molecule has 0 atom stereocenters. The molecule has 2 rings (SSSR count). The fraction of sp³-hybridized carbons (Fsp3) is 0.0909. The predicted octanol–water partition coefficient (Wildman–Crippen LogP) is 3.20. The third-order valence-corrected chi connectivity index (χ3v) is 3.50. The normalized spacial score (nSPS) is 10.5. The Hall–Kier alpha value is -0.590. The van der Waals surface area contributed by atoms with Crippen LogP contribution in [0.2, 0.25) is 10.0 Å². The van der Waals surface area contributed by atoms with Crippen LogP contribution in [0, 0.1) is 3.57 Å². The van der Waals surface area contributed by atoms with Crippen molar-refractivity contribution in [3.05, 3.63) is 60.0 Å². The van der Waals surface area contributed by atoms with Gasteiger partial charge in [-0.15, -0.1) is 0 Å². The number of benzene rings is 1. The molecule has 6 heteroatoms. The van der Waals surface area contributed by atoms with Gasteiger partial charge in [0, 0.05) is 25.2 Å². The highest BCUT2D eigenvalue weighted by molar-refractivity contribution is 14.1. The van der Waals surface area contributed by atoms with Crippen LogP contribution >= 0.6 is 45.8 Å². The van der Waals surface area contributed by atoms with Crippen LogP contribution in [0.25, 0.3) is 0 Å². The first-order chi connectivity index (χ1) is 8.08. The largest absolute Gasteiger partial charge is 0.268 e. The van der Waals surface area contributed by atoms with Crippen LogP contribution in [0.15, 0.2) is 35.3 Å². The number of halogens is 3. The van der Waals surface area contributed by atoms with Gasteiger partial charge in [0.1, 0.15) is 0 Å². The molecule has 88 valence electrons. The van der Waals surface area contributed by atoms with Crippen molar-refractivity contribution in [2.45, 2.75) is 6.54 Å². The Bertz CT molecular complexity index is 592. The molecule has 0 unspecified atom stereocenters. The van der Waals surface area contributed by atoms with Crippen LogP contribution in [0.1, 0.15) is 5.56 Å². The van der Waals surface area contributed by atoms with Crippen LogP contribution in [-0.2, 0) is 6.54 Å². The van der Waals surface area contributed by atoms with Crippen molar-refractivity contribution in [2.24, 2.45) is 0 Å². The van der Waals surface area contributed by atoms with Crippen LogP contribution in [0.3, 0.4) is 0 Å². The number of hydrogen-bond donors (Lipinski definition) is 0. The molecule has 0 saturated carbocycles. The van der Waals surface area contributed by atoms with E-state index >= 15 is 0 Å². The van der Waals surface area contributed by atoms with E-state index in [2.05, 4.69) is 5.10 Å². The number of rotatable bonds is 2. The Balaban J connectivity index is 2.42. The van der Waals surface area contributed by atoms with E-state index in [1.807, 2.05) is 22.6 Å². The maximum Gasteiger partial charge on any atom is 0.268 e. The Morgan fingerprint density at radius 2 is 1.94 bits per heavy atom. The second kappa shape index (κ2) is 5.37. The van der Waals surface area contributed by atoms with Crippen LogP contribution in [-0.4, -0.2) is 9.78 Å². The molecule has 1 aromatic heterocycles. The minimum atomic E-state index is -0.173. The van der Waals surface area contributed by atoms with E-state index < -0.39 is 0 Å². The molecule has 0 fully saturated rings. The van der Waals surface area contributed by atoms with Gasteiger partial charge in [0.05, 0.1) is 12.7 Å². The maximum atomic E-state index is 11.7. The van der Waals surface area contributed by atoms with Crippen LogP contribution in [0.5, 0.6) is 0 Å². The summed E-state index contributed by atoms with van der Waals surface area (Å²) < 4.78 is 2.13. The molecule has 17 heavy (non-hydrogen) atoms. The summed E-state index contributed by atoms with van der Waals surface area (Å²) in [5.74, 6) is 0. The lowest BCUT2D eigenvalue weighted by molar-refractivity contribution is 0.637. The fourth-order valence-electron chi connectivity index (χ4n) is 1.36. The second-order valence-electron chi connectivity index (χ2n) is 3.37. The summed E-state index contributed by atoms with van der Waals surface area (Å²) in [5, 5.41) is 5.10. The van der Waals surface area contributed by atoms with Gasteiger partial charge >= 0.3 is 0 Å². The molecule has 0 aliphatic carbocycles. The zero-order valence-corrected chi connectivity index (χ0v) is 12.2. The molecule has 0 radical (unpaired) electrons. The first kappa shape index (κ1) is 12.9. The molecule has 3 nitrogen and oxygen atoms in total. The van der Waals surface area contributed by atoms with E-state index in [9.17, 15) is 4.79 Å². The summed E-state index contributed by atoms with van der Waals surface area (Å²) in [6.45, 7) is 0.272. The van der Waals surface area contributed by atoms with Crippen molar-refractivity contribution >= 4 is 45.8 Å². The highest BCUT2D eigenvalue weighted by Crippen LogP contribution is 2.24. The van der Waals surface area contributed by atoms with E-state index in [1.165, 1.54) is 10.7 Å². The molecule has 1 aromatic carbocycles. The summed E-state index contributed by atoms with van der Waals surface area (Å²) in [5.41, 5.74) is 0.527. The van der Waals surface area contributed by atoms with Gasteiger partial charge in [-0.05, 0) is 34.7 Å². The Kier molecular flexibility index (Phi) is 4.06. The quantitative estimate of drug-likeness (QED) is 0.750. The smallest absolute Gasteiger partial charge is 0.268 e. The molecule has 0 spiro atoms. The lowest BCUT2D eigenvalue weighted by Gasteiger charge is -2.08. The molecule has 0 aliphatic heterocycles. The maximum absolute atomic E-state index is 11.7. The molecule has 1 heterocycles. The highest BCUT2D eigenvalue weighted by atomic mass is 127. The predicted molar refractivity (Wildman–Crippen MR) is 76.8 cm³/mol. The molecular formula is C11H7Cl2IN2O. The monoisotopic (exact) mass is 380 g/mol. The second-order valence-corrected chi connectivity index (χ2v) is 5.43. The van der Waals surface area contributed by atoms with Gasteiger partial charge in [-0.3, -0.25) is 4.79 Å². The van der Waals surface area contributed by atoms with Crippen molar-refractivity contribution < 1.29 is 0 Å². The SMILES string of the molecule is O=c1cc(I)cnn1Cc1c(Cl)cccc1Cl. The fourth-order valence-corrected chi connectivity index (χ4v) is 2.27. The standard InChI is InChI=1S/C11H7Cl2IN2O/c12-9-2-1-3-10(13)8(9)6-16-11(17)4-7(14)5-15-16/h1-5H,6H2. The Morgan fingerprint density at radius 1 is 1.29 bits per heavy atom. The summed E-state index contributed by atoms with van der Waals surface area (Å²) in [6, 6.07) is 6.75. The number of nitrogens with zero attached hydrogens (tertiary/aromatic N) is 2. The van der Waals surface area contributed by atoms with E-state index in [0.29, 0.717) is 15.6 Å². The van der Waals surface area contributed by atoms with E-state index in [1.54, 1.807) is 24.4 Å². The van der Waals surface area contributed by atoms with Gasteiger partial charge in [-0.2, -0.15) is 5.10 Å². The van der Waals surface area contributed by atoms with Gasteiger partial charge in [0.15, 0.2) is 0 Å².